The van der Waals surface area contributed by atoms with Crippen LogP contribution in [-0.4, -0.2) is 18.0 Å². The molecule has 0 radical (unpaired) electrons. The van der Waals surface area contributed by atoms with E-state index in [2.05, 4.69) is 10.3 Å². The number of hydrogen-bond acceptors (Lipinski definition) is 4. The van der Waals surface area contributed by atoms with Crippen LogP contribution in [0.4, 0.5) is 5.69 Å². The molecule has 1 aromatic heterocycles. The second-order valence-electron chi connectivity index (χ2n) is 5.48. The molecule has 1 heterocycles. The number of rotatable bonds is 4. The summed E-state index contributed by atoms with van der Waals surface area (Å²) in [5.74, 6) is 0.561. The summed E-state index contributed by atoms with van der Waals surface area (Å²) >= 11 is 1.61. The van der Waals surface area contributed by atoms with Gasteiger partial charge in [-0.3, -0.25) is 4.79 Å². The number of fused-ring (bicyclic) bond motifs is 1. The number of anilines is 1. The van der Waals surface area contributed by atoms with E-state index < -0.39 is 0 Å². The van der Waals surface area contributed by atoms with Crippen LogP contribution in [0.15, 0.2) is 42.5 Å². The summed E-state index contributed by atoms with van der Waals surface area (Å²) in [5, 5.41) is 3.89. The molecule has 0 fully saturated rings. The lowest BCUT2D eigenvalue weighted by Crippen LogP contribution is -2.07. The Bertz CT molecular complexity index is 928. The second-order valence-corrected chi connectivity index (χ2v) is 6.72. The first-order valence-corrected chi connectivity index (χ1v) is 8.38. The summed E-state index contributed by atoms with van der Waals surface area (Å²) in [4.78, 5) is 16.6. The number of ether oxygens (including phenoxy) is 1. The maximum atomic E-state index is 12.2. The van der Waals surface area contributed by atoms with Gasteiger partial charge in [-0.15, -0.1) is 11.3 Å². The van der Waals surface area contributed by atoms with E-state index in [1.54, 1.807) is 24.5 Å². The van der Waals surface area contributed by atoms with Gasteiger partial charge in [-0.1, -0.05) is 11.6 Å². The van der Waals surface area contributed by atoms with Gasteiger partial charge in [0.2, 0.25) is 5.91 Å². The highest BCUT2D eigenvalue weighted by Gasteiger charge is 2.04. The third-order valence-corrected chi connectivity index (χ3v) is 4.50. The molecule has 0 bridgehead atoms. The number of hydrogen-bond donors (Lipinski definition) is 1. The Labute approximate surface area is 144 Å². The lowest BCUT2D eigenvalue weighted by Gasteiger charge is -2.06. The molecular weight excluding hydrogens is 320 g/mol. The number of carbonyl (C=O) groups excluding carboxylic acids is 1. The van der Waals surface area contributed by atoms with E-state index in [-0.39, 0.29) is 5.91 Å². The quantitative estimate of drug-likeness (QED) is 0.709. The van der Waals surface area contributed by atoms with Gasteiger partial charge in [-0.05, 0) is 50.3 Å². The Morgan fingerprint density at radius 1 is 1.21 bits per heavy atom. The molecule has 3 aromatic rings. The first-order chi connectivity index (χ1) is 11.5. The maximum Gasteiger partial charge on any atom is 0.248 e. The van der Waals surface area contributed by atoms with Crippen LogP contribution in [-0.2, 0) is 4.79 Å². The van der Waals surface area contributed by atoms with Crippen LogP contribution in [0.3, 0.4) is 0 Å². The van der Waals surface area contributed by atoms with Crippen LogP contribution in [0, 0.1) is 13.8 Å². The number of nitrogens with zero attached hydrogens (tertiary/aromatic N) is 1. The lowest BCUT2D eigenvalue weighted by molar-refractivity contribution is -0.111. The predicted molar refractivity (Wildman–Crippen MR) is 99.8 cm³/mol. The summed E-state index contributed by atoms with van der Waals surface area (Å²) in [7, 11) is 1.62. The Morgan fingerprint density at radius 2 is 2.04 bits per heavy atom. The van der Waals surface area contributed by atoms with Crippen molar-refractivity contribution in [3.63, 3.8) is 0 Å². The minimum absolute atomic E-state index is 0.181. The Morgan fingerprint density at radius 3 is 2.83 bits per heavy atom. The van der Waals surface area contributed by atoms with Gasteiger partial charge < -0.3 is 10.1 Å². The average molecular weight is 338 g/mol. The number of benzene rings is 2. The van der Waals surface area contributed by atoms with Crippen molar-refractivity contribution in [3.05, 3.63) is 58.6 Å². The zero-order valence-corrected chi connectivity index (χ0v) is 14.6. The van der Waals surface area contributed by atoms with Crippen LogP contribution in [0.1, 0.15) is 16.1 Å². The van der Waals surface area contributed by atoms with Gasteiger partial charge in [0, 0.05) is 17.3 Å². The highest BCUT2D eigenvalue weighted by Crippen LogP contribution is 2.25. The smallest absolute Gasteiger partial charge is 0.248 e. The fourth-order valence-electron chi connectivity index (χ4n) is 2.45. The molecule has 2 aromatic carbocycles. The van der Waals surface area contributed by atoms with Crippen LogP contribution in [0.25, 0.3) is 16.3 Å². The van der Waals surface area contributed by atoms with Crippen LogP contribution in [0.5, 0.6) is 5.75 Å². The molecular formula is C19H18N2O2S. The SMILES string of the molecule is COc1ccc(C)cc1/C=C/C(=O)Nc1ccc2nc(C)sc2c1. The molecule has 0 unspecified atom stereocenters. The number of carbonyl (C=O) groups is 1. The molecule has 0 saturated heterocycles. The molecule has 4 nitrogen and oxygen atoms in total. The molecule has 5 heteroatoms. The van der Waals surface area contributed by atoms with Gasteiger partial charge in [0.15, 0.2) is 0 Å². The van der Waals surface area contributed by atoms with Gasteiger partial charge >= 0.3 is 0 Å². The van der Waals surface area contributed by atoms with Crippen molar-refractivity contribution in [3.8, 4) is 5.75 Å². The van der Waals surface area contributed by atoms with E-state index in [0.717, 1.165) is 37.8 Å². The molecule has 0 saturated carbocycles. The first-order valence-electron chi connectivity index (χ1n) is 7.56. The molecule has 1 amide bonds. The fraction of sp³-hybridized carbons (Fsp3) is 0.158. The minimum Gasteiger partial charge on any atom is -0.496 e. The average Bonchev–Trinajstić information content (AvgIpc) is 2.92. The molecule has 0 atom stereocenters. The van der Waals surface area contributed by atoms with E-state index in [1.807, 2.05) is 50.2 Å². The molecule has 0 aliphatic carbocycles. The molecule has 0 aliphatic heterocycles. The topological polar surface area (TPSA) is 51.2 Å². The molecule has 24 heavy (non-hydrogen) atoms. The number of nitrogens with one attached hydrogen (secondary N) is 1. The number of methoxy groups -OCH3 is 1. The Kier molecular flexibility index (Phi) is 4.62. The zero-order valence-electron chi connectivity index (χ0n) is 13.8. The number of thiazole rings is 1. The number of amides is 1. The molecule has 122 valence electrons. The van der Waals surface area contributed by atoms with E-state index in [9.17, 15) is 4.79 Å². The summed E-state index contributed by atoms with van der Waals surface area (Å²) in [5.41, 5.74) is 3.70. The van der Waals surface area contributed by atoms with Crippen molar-refractivity contribution in [1.82, 2.24) is 4.98 Å². The highest BCUT2D eigenvalue weighted by molar-refractivity contribution is 7.18. The summed E-state index contributed by atoms with van der Waals surface area (Å²) in [6.07, 6.45) is 3.27. The standard InChI is InChI=1S/C19H18N2O2S/c1-12-4-8-17(23-3)14(10-12)5-9-19(22)21-15-6-7-16-18(11-15)24-13(2)20-16/h4-11H,1-3H3,(H,21,22)/b9-5+. The van der Waals surface area contributed by atoms with Gasteiger partial charge in [0.1, 0.15) is 5.75 Å². The van der Waals surface area contributed by atoms with E-state index in [4.69, 9.17) is 4.74 Å². The first kappa shape index (κ1) is 16.2. The van der Waals surface area contributed by atoms with E-state index in [0.29, 0.717) is 0 Å². The van der Waals surface area contributed by atoms with Crippen molar-refractivity contribution in [2.45, 2.75) is 13.8 Å². The lowest BCUT2D eigenvalue weighted by atomic mass is 10.1. The highest BCUT2D eigenvalue weighted by atomic mass is 32.1. The van der Waals surface area contributed by atoms with Crippen LogP contribution < -0.4 is 10.1 Å². The van der Waals surface area contributed by atoms with Gasteiger partial charge in [0.25, 0.3) is 0 Å². The Balaban J connectivity index is 1.75. The molecule has 3 rings (SSSR count). The second kappa shape index (κ2) is 6.84. The number of aryl methyl sites for hydroxylation is 2. The van der Waals surface area contributed by atoms with Crippen LogP contribution >= 0.6 is 11.3 Å². The van der Waals surface area contributed by atoms with Gasteiger partial charge in [0.05, 0.1) is 22.3 Å². The maximum absolute atomic E-state index is 12.2. The van der Waals surface area contributed by atoms with Crippen molar-refractivity contribution in [2.24, 2.45) is 0 Å². The van der Waals surface area contributed by atoms with E-state index >= 15 is 0 Å². The van der Waals surface area contributed by atoms with Gasteiger partial charge in [-0.2, -0.15) is 0 Å². The van der Waals surface area contributed by atoms with Crippen molar-refractivity contribution in [1.29, 1.82) is 0 Å². The fourth-order valence-corrected chi connectivity index (χ4v) is 3.32. The largest absolute Gasteiger partial charge is 0.496 e. The molecule has 0 aliphatic rings. The summed E-state index contributed by atoms with van der Waals surface area (Å²) < 4.78 is 6.38. The zero-order chi connectivity index (χ0) is 17.1. The van der Waals surface area contributed by atoms with Crippen molar-refractivity contribution >= 4 is 39.2 Å². The summed E-state index contributed by atoms with van der Waals surface area (Å²) in [6.45, 7) is 3.98. The van der Waals surface area contributed by atoms with Crippen molar-refractivity contribution in [2.75, 3.05) is 12.4 Å². The predicted octanol–water partition coefficient (Wildman–Crippen LogP) is 4.57. The van der Waals surface area contributed by atoms with Gasteiger partial charge in [-0.25, -0.2) is 4.98 Å². The molecule has 1 N–H and O–H groups in total. The Hall–Kier alpha value is -2.66. The van der Waals surface area contributed by atoms with E-state index in [1.165, 1.54) is 6.08 Å². The number of aromatic nitrogens is 1. The van der Waals surface area contributed by atoms with Crippen LogP contribution in [0.2, 0.25) is 0 Å². The monoisotopic (exact) mass is 338 g/mol. The van der Waals surface area contributed by atoms with Crippen molar-refractivity contribution < 1.29 is 9.53 Å². The third kappa shape index (κ3) is 3.63. The normalized spacial score (nSPS) is 11.1. The summed E-state index contributed by atoms with van der Waals surface area (Å²) in [6, 6.07) is 11.6. The minimum atomic E-state index is -0.181. The molecule has 0 spiro atoms. The third-order valence-electron chi connectivity index (χ3n) is 3.56.